The highest BCUT2D eigenvalue weighted by molar-refractivity contribution is 7.93. The molecule has 6 nitrogen and oxygen atoms in total. The van der Waals surface area contributed by atoms with E-state index in [0.29, 0.717) is 22.0 Å². The molecule has 0 unspecified atom stereocenters. The molecule has 0 amide bonds. The summed E-state index contributed by atoms with van der Waals surface area (Å²) in [6, 6.07) is 14.3. The number of thiazole rings is 1. The van der Waals surface area contributed by atoms with Gasteiger partial charge in [0.25, 0.3) is 10.0 Å². The van der Waals surface area contributed by atoms with Crippen LogP contribution in [0.25, 0.3) is 22.0 Å². The minimum absolute atomic E-state index is 0.143. The van der Waals surface area contributed by atoms with Crippen LogP contribution in [0, 0.1) is 18.3 Å². The van der Waals surface area contributed by atoms with E-state index in [4.69, 9.17) is 0 Å². The Morgan fingerprint density at radius 3 is 2.68 bits per heavy atom. The van der Waals surface area contributed by atoms with Crippen LogP contribution in [0.15, 0.2) is 65.1 Å². The second-order valence-electron chi connectivity index (χ2n) is 6.10. The zero-order valence-corrected chi connectivity index (χ0v) is 16.4. The number of sulfonamides is 1. The van der Waals surface area contributed by atoms with Crippen molar-refractivity contribution in [2.45, 2.75) is 11.8 Å². The number of nitriles is 1. The normalized spacial score (nSPS) is 11.3. The molecule has 0 saturated carbocycles. The van der Waals surface area contributed by atoms with Gasteiger partial charge in [0.1, 0.15) is 0 Å². The van der Waals surface area contributed by atoms with Crippen LogP contribution in [-0.2, 0) is 10.0 Å². The highest BCUT2D eigenvalue weighted by atomic mass is 32.2. The lowest BCUT2D eigenvalue weighted by molar-refractivity contribution is 0.601. The number of fused-ring (bicyclic) bond motifs is 1. The van der Waals surface area contributed by atoms with Gasteiger partial charge in [0, 0.05) is 28.7 Å². The number of nitrogens with zero attached hydrogens (tertiary/aromatic N) is 3. The summed E-state index contributed by atoms with van der Waals surface area (Å²) in [5.41, 5.74) is 2.72. The molecule has 1 N–H and O–H groups in total. The third-order valence-electron chi connectivity index (χ3n) is 4.33. The van der Waals surface area contributed by atoms with Crippen LogP contribution in [0.2, 0.25) is 0 Å². The number of pyridine rings is 1. The van der Waals surface area contributed by atoms with Crippen LogP contribution in [0.5, 0.6) is 0 Å². The molecule has 0 aliphatic rings. The van der Waals surface area contributed by atoms with Gasteiger partial charge in [-0.15, -0.1) is 11.3 Å². The van der Waals surface area contributed by atoms with Gasteiger partial charge in [-0.2, -0.15) is 5.26 Å². The Kier molecular flexibility index (Phi) is 4.55. The van der Waals surface area contributed by atoms with Crippen molar-refractivity contribution in [2.75, 3.05) is 4.72 Å². The Labute approximate surface area is 166 Å². The van der Waals surface area contributed by atoms with E-state index >= 15 is 0 Å². The Balaban J connectivity index is 1.88. The van der Waals surface area contributed by atoms with Gasteiger partial charge in [0.05, 0.1) is 22.2 Å². The predicted octanol–water partition coefficient (Wildman–Crippen LogP) is 4.34. The first-order valence-corrected chi connectivity index (χ1v) is 10.7. The van der Waals surface area contributed by atoms with E-state index in [1.807, 2.05) is 19.1 Å². The number of aromatic nitrogens is 2. The van der Waals surface area contributed by atoms with E-state index in [1.54, 1.807) is 35.8 Å². The van der Waals surface area contributed by atoms with E-state index < -0.39 is 10.0 Å². The van der Waals surface area contributed by atoms with Crippen molar-refractivity contribution in [3.8, 4) is 17.3 Å². The zero-order chi connectivity index (χ0) is 19.7. The third kappa shape index (κ3) is 3.22. The summed E-state index contributed by atoms with van der Waals surface area (Å²) < 4.78 is 27.9. The molecule has 0 atom stereocenters. The maximum absolute atomic E-state index is 12.7. The lowest BCUT2D eigenvalue weighted by Gasteiger charge is -2.12. The van der Waals surface area contributed by atoms with E-state index in [-0.39, 0.29) is 4.90 Å². The number of benzene rings is 2. The number of hydrogen-bond acceptors (Lipinski definition) is 6. The Morgan fingerprint density at radius 1 is 1.11 bits per heavy atom. The summed E-state index contributed by atoms with van der Waals surface area (Å²) >= 11 is 1.21. The Morgan fingerprint density at radius 2 is 1.93 bits per heavy atom. The first-order valence-electron chi connectivity index (χ1n) is 8.31. The maximum Gasteiger partial charge on any atom is 0.263 e. The molecule has 0 fully saturated rings. The minimum Gasteiger partial charge on any atom is -0.255 e. The second kappa shape index (κ2) is 7.03. The number of anilines is 1. The molecule has 4 rings (SSSR count). The van der Waals surface area contributed by atoms with Crippen LogP contribution in [0.4, 0.5) is 5.13 Å². The van der Waals surface area contributed by atoms with Crippen LogP contribution in [0.3, 0.4) is 0 Å². The van der Waals surface area contributed by atoms with E-state index in [9.17, 15) is 13.7 Å². The lowest BCUT2D eigenvalue weighted by Crippen LogP contribution is -2.12. The molecule has 0 saturated heterocycles. The zero-order valence-electron chi connectivity index (χ0n) is 14.7. The maximum atomic E-state index is 12.7. The van der Waals surface area contributed by atoms with Gasteiger partial charge in [-0.25, -0.2) is 13.4 Å². The Bertz CT molecular complexity index is 1320. The first kappa shape index (κ1) is 18.1. The van der Waals surface area contributed by atoms with Crippen LogP contribution in [-0.4, -0.2) is 18.4 Å². The monoisotopic (exact) mass is 406 g/mol. The van der Waals surface area contributed by atoms with Gasteiger partial charge in [0.2, 0.25) is 0 Å². The number of hydrogen-bond donors (Lipinski definition) is 1. The van der Waals surface area contributed by atoms with Crippen molar-refractivity contribution < 1.29 is 8.42 Å². The van der Waals surface area contributed by atoms with Crippen molar-refractivity contribution in [3.63, 3.8) is 0 Å². The van der Waals surface area contributed by atoms with Gasteiger partial charge in [-0.05, 0) is 36.1 Å². The number of aryl methyl sites for hydroxylation is 1. The first-order chi connectivity index (χ1) is 13.5. The Hall–Kier alpha value is -3.28. The van der Waals surface area contributed by atoms with Crippen molar-refractivity contribution in [1.82, 2.24) is 9.97 Å². The molecule has 2 heterocycles. The van der Waals surface area contributed by atoms with Gasteiger partial charge in [0.15, 0.2) is 5.13 Å². The average Bonchev–Trinajstić information content (AvgIpc) is 3.20. The van der Waals surface area contributed by atoms with Crippen LogP contribution in [0.1, 0.15) is 11.1 Å². The standard InChI is InChI=1S/C20H14N4O2S2/c1-13-12-23-19(16-5-3-2-4-14(16)11-21)17-7-6-15(10-18(13)17)28(25,26)24-20-22-8-9-27-20/h2-10,12H,1H3,(H,22,24). The fourth-order valence-corrected chi connectivity index (χ4v) is 4.79. The molecule has 0 spiro atoms. The molecule has 2 aromatic heterocycles. The predicted molar refractivity (Wildman–Crippen MR) is 110 cm³/mol. The van der Waals surface area contributed by atoms with Gasteiger partial charge in [-0.3, -0.25) is 9.71 Å². The smallest absolute Gasteiger partial charge is 0.255 e. The summed E-state index contributed by atoms with van der Waals surface area (Å²) in [6.07, 6.45) is 3.23. The fourth-order valence-electron chi connectivity index (χ4n) is 2.97. The van der Waals surface area contributed by atoms with Gasteiger partial charge >= 0.3 is 0 Å². The molecular formula is C20H14N4O2S2. The molecule has 0 aliphatic heterocycles. The van der Waals surface area contributed by atoms with E-state index in [1.165, 1.54) is 23.6 Å². The highest BCUT2D eigenvalue weighted by Crippen LogP contribution is 2.32. The summed E-state index contributed by atoms with van der Waals surface area (Å²) in [6.45, 7) is 1.87. The highest BCUT2D eigenvalue weighted by Gasteiger charge is 2.18. The molecule has 4 aromatic rings. The molecule has 8 heteroatoms. The molecule has 0 aliphatic carbocycles. The number of nitrogens with one attached hydrogen (secondary N) is 1. The summed E-state index contributed by atoms with van der Waals surface area (Å²) in [7, 11) is -3.76. The fraction of sp³-hybridized carbons (Fsp3) is 0.0500. The lowest BCUT2D eigenvalue weighted by atomic mass is 9.98. The summed E-state index contributed by atoms with van der Waals surface area (Å²) in [5.74, 6) is 0. The van der Waals surface area contributed by atoms with E-state index in [2.05, 4.69) is 20.8 Å². The third-order valence-corrected chi connectivity index (χ3v) is 6.48. The topological polar surface area (TPSA) is 95.7 Å². The van der Waals surface area contributed by atoms with Crippen LogP contribution < -0.4 is 4.72 Å². The average molecular weight is 406 g/mol. The molecule has 2 aromatic carbocycles. The molecule has 138 valence electrons. The van der Waals surface area contributed by atoms with Crippen LogP contribution >= 0.6 is 11.3 Å². The van der Waals surface area contributed by atoms with Crippen molar-refractivity contribution >= 4 is 37.3 Å². The van der Waals surface area contributed by atoms with Crippen molar-refractivity contribution in [3.05, 3.63) is 71.4 Å². The van der Waals surface area contributed by atoms with E-state index in [0.717, 1.165) is 16.3 Å². The number of rotatable bonds is 4. The van der Waals surface area contributed by atoms with Gasteiger partial charge < -0.3 is 0 Å². The largest absolute Gasteiger partial charge is 0.263 e. The molecule has 28 heavy (non-hydrogen) atoms. The van der Waals surface area contributed by atoms with Gasteiger partial charge in [-0.1, -0.05) is 24.3 Å². The molecular weight excluding hydrogens is 392 g/mol. The minimum atomic E-state index is -3.76. The van der Waals surface area contributed by atoms with Crippen molar-refractivity contribution in [1.29, 1.82) is 5.26 Å². The van der Waals surface area contributed by atoms with Crippen molar-refractivity contribution in [2.24, 2.45) is 0 Å². The second-order valence-corrected chi connectivity index (χ2v) is 8.67. The quantitative estimate of drug-likeness (QED) is 0.544. The summed E-state index contributed by atoms with van der Waals surface area (Å²) in [5, 5.41) is 13.0. The summed E-state index contributed by atoms with van der Waals surface area (Å²) in [4.78, 5) is 8.62. The molecule has 0 bridgehead atoms. The SMILES string of the molecule is Cc1cnc(-c2ccccc2C#N)c2ccc(S(=O)(=O)Nc3nccs3)cc12. The molecule has 0 radical (unpaired) electrons.